The number of aromatic nitrogens is 3. The maximum absolute atomic E-state index is 12.9. The first-order valence-corrected chi connectivity index (χ1v) is 4.82. The minimum Gasteiger partial charge on any atom is -0.494 e. The second-order valence-corrected chi connectivity index (χ2v) is 3.61. The third-order valence-corrected chi connectivity index (χ3v) is 2.38. The maximum atomic E-state index is 12.9. The largest absolute Gasteiger partial charge is 0.494 e. The second-order valence-electron chi connectivity index (χ2n) is 3.61. The Balaban J connectivity index is 2.89. The summed E-state index contributed by atoms with van der Waals surface area (Å²) >= 11 is 0. The normalized spacial score (nSPS) is 12.1. The first-order chi connectivity index (χ1) is 7.84. The Labute approximate surface area is 95.0 Å². The van der Waals surface area contributed by atoms with E-state index in [1.807, 2.05) is 0 Å². The summed E-state index contributed by atoms with van der Waals surface area (Å²) < 4.78 is 44.7. The molecule has 4 nitrogen and oxygen atoms in total. The molecule has 17 heavy (non-hydrogen) atoms. The average Bonchev–Trinajstić information content (AvgIpc) is 2.55. The third kappa shape index (κ3) is 1.81. The predicted molar refractivity (Wildman–Crippen MR) is 54.0 cm³/mol. The van der Waals surface area contributed by atoms with Crippen molar-refractivity contribution < 1.29 is 17.9 Å². The molecule has 0 spiro atoms. The highest BCUT2D eigenvalue weighted by Gasteiger charge is 2.39. The van der Waals surface area contributed by atoms with Gasteiger partial charge >= 0.3 is 6.18 Å². The van der Waals surface area contributed by atoms with Crippen LogP contribution in [0.4, 0.5) is 13.2 Å². The van der Waals surface area contributed by atoms with E-state index in [0.717, 1.165) is 4.52 Å². The van der Waals surface area contributed by atoms with Crippen LogP contribution in [0.15, 0.2) is 6.20 Å². The Bertz CT molecular complexity index is 574. The molecule has 7 heteroatoms. The monoisotopic (exact) mass is 245 g/mol. The van der Waals surface area contributed by atoms with E-state index in [9.17, 15) is 13.2 Å². The Hall–Kier alpha value is -1.79. The van der Waals surface area contributed by atoms with Crippen molar-refractivity contribution in [3.05, 3.63) is 23.3 Å². The van der Waals surface area contributed by atoms with Crippen molar-refractivity contribution in [2.24, 2.45) is 0 Å². The molecule has 0 N–H and O–H groups in total. The van der Waals surface area contributed by atoms with Crippen LogP contribution in [-0.2, 0) is 6.18 Å². The number of fused-ring (bicyclic) bond motifs is 1. The molecule has 2 heterocycles. The third-order valence-electron chi connectivity index (χ3n) is 2.38. The first-order valence-electron chi connectivity index (χ1n) is 4.82. The van der Waals surface area contributed by atoms with Crippen molar-refractivity contribution in [1.29, 1.82) is 0 Å². The number of nitrogens with zero attached hydrogens (tertiary/aromatic N) is 3. The fourth-order valence-electron chi connectivity index (χ4n) is 1.80. The van der Waals surface area contributed by atoms with Crippen LogP contribution in [0.2, 0.25) is 0 Å². The molecule has 0 aliphatic carbocycles. The molecular weight excluding hydrogens is 235 g/mol. The molecule has 2 rings (SSSR count). The maximum Gasteiger partial charge on any atom is 0.422 e. The average molecular weight is 245 g/mol. The number of alkyl halides is 3. The van der Waals surface area contributed by atoms with Crippen molar-refractivity contribution in [3.8, 4) is 5.75 Å². The van der Waals surface area contributed by atoms with Crippen LogP contribution in [0.5, 0.6) is 5.75 Å². The Kier molecular flexibility index (Phi) is 2.48. The molecule has 0 radical (unpaired) electrons. The fraction of sp³-hybridized carbons (Fsp3) is 0.400. The first kappa shape index (κ1) is 11.7. The number of ether oxygens (including phenoxy) is 1. The van der Waals surface area contributed by atoms with Gasteiger partial charge in [0.1, 0.15) is 16.9 Å². The van der Waals surface area contributed by atoms with Gasteiger partial charge < -0.3 is 4.74 Å². The van der Waals surface area contributed by atoms with Crippen molar-refractivity contribution in [1.82, 2.24) is 14.6 Å². The molecule has 0 aliphatic heterocycles. The smallest absolute Gasteiger partial charge is 0.422 e. The van der Waals surface area contributed by atoms with Gasteiger partial charge in [-0.2, -0.15) is 18.3 Å². The van der Waals surface area contributed by atoms with Crippen LogP contribution in [0.25, 0.3) is 5.52 Å². The summed E-state index contributed by atoms with van der Waals surface area (Å²) in [5, 5.41) is 3.90. The number of rotatable bonds is 1. The molecule has 2 aromatic heterocycles. The quantitative estimate of drug-likeness (QED) is 0.774. The van der Waals surface area contributed by atoms with E-state index in [4.69, 9.17) is 4.74 Å². The summed E-state index contributed by atoms with van der Waals surface area (Å²) in [6.45, 7) is 3.13. The van der Waals surface area contributed by atoms with Gasteiger partial charge in [0.15, 0.2) is 5.75 Å². The molecule has 0 saturated carbocycles. The van der Waals surface area contributed by atoms with E-state index in [0.29, 0.717) is 5.82 Å². The van der Waals surface area contributed by atoms with E-state index < -0.39 is 11.7 Å². The van der Waals surface area contributed by atoms with Crippen LogP contribution in [0, 0.1) is 13.8 Å². The molecule has 92 valence electrons. The number of halogens is 3. The molecule has 0 fully saturated rings. The van der Waals surface area contributed by atoms with Gasteiger partial charge in [-0.25, -0.2) is 9.50 Å². The van der Waals surface area contributed by atoms with Crippen LogP contribution < -0.4 is 4.74 Å². The standard InChI is InChI=1S/C10H10F3N3O/c1-5-9-8(10(11,12)13)7(17-3)4-16(9)15-6(2)14-5/h4H,1-3H3. The zero-order valence-corrected chi connectivity index (χ0v) is 9.46. The summed E-state index contributed by atoms with van der Waals surface area (Å²) in [7, 11) is 1.19. The summed E-state index contributed by atoms with van der Waals surface area (Å²) in [5.41, 5.74) is -0.634. The van der Waals surface area contributed by atoms with Crippen molar-refractivity contribution in [2.75, 3.05) is 7.11 Å². The molecule has 2 aromatic rings. The van der Waals surface area contributed by atoms with Gasteiger partial charge in [-0.3, -0.25) is 0 Å². The van der Waals surface area contributed by atoms with E-state index in [1.165, 1.54) is 20.2 Å². The van der Waals surface area contributed by atoms with Gasteiger partial charge in [-0.05, 0) is 13.8 Å². The molecule has 0 unspecified atom stereocenters. The number of hydrogen-bond donors (Lipinski definition) is 0. The van der Waals surface area contributed by atoms with Crippen LogP contribution >= 0.6 is 0 Å². The van der Waals surface area contributed by atoms with E-state index in [-0.39, 0.29) is 17.0 Å². The molecule has 0 amide bonds. The Morgan fingerprint density at radius 3 is 2.47 bits per heavy atom. The molecule has 0 atom stereocenters. The van der Waals surface area contributed by atoms with Gasteiger partial charge in [0.25, 0.3) is 0 Å². The van der Waals surface area contributed by atoms with Crippen molar-refractivity contribution >= 4 is 5.52 Å². The van der Waals surface area contributed by atoms with Crippen molar-refractivity contribution in [3.63, 3.8) is 0 Å². The predicted octanol–water partition coefficient (Wildman–Crippen LogP) is 2.37. The van der Waals surface area contributed by atoms with Gasteiger partial charge in [0.2, 0.25) is 0 Å². The Morgan fingerprint density at radius 2 is 1.94 bits per heavy atom. The minimum atomic E-state index is -4.50. The lowest BCUT2D eigenvalue weighted by molar-refractivity contribution is -0.137. The summed E-state index contributed by atoms with van der Waals surface area (Å²) in [4.78, 5) is 3.94. The summed E-state index contributed by atoms with van der Waals surface area (Å²) in [5.74, 6) is 0.155. The zero-order chi connectivity index (χ0) is 12.8. The van der Waals surface area contributed by atoms with Crippen LogP contribution in [0.1, 0.15) is 17.1 Å². The van der Waals surface area contributed by atoms with Gasteiger partial charge in [-0.1, -0.05) is 0 Å². The van der Waals surface area contributed by atoms with E-state index >= 15 is 0 Å². The molecular formula is C10H10F3N3O. The summed E-state index contributed by atoms with van der Waals surface area (Å²) in [6, 6.07) is 0. The minimum absolute atomic E-state index is 0.0695. The molecule has 0 bridgehead atoms. The van der Waals surface area contributed by atoms with Crippen molar-refractivity contribution in [2.45, 2.75) is 20.0 Å². The fourth-order valence-corrected chi connectivity index (χ4v) is 1.80. The SMILES string of the molecule is COc1cn2nc(C)nc(C)c2c1C(F)(F)F. The lowest BCUT2D eigenvalue weighted by atomic mass is 10.2. The van der Waals surface area contributed by atoms with Crippen LogP contribution in [-0.4, -0.2) is 21.7 Å². The highest BCUT2D eigenvalue weighted by molar-refractivity contribution is 5.65. The van der Waals surface area contributed by atoms with Gasteiger partial charge in [0.05, 0.1) is 19.0 Å². The lowest BCUT2D eigenvalue weighted by Gasteiger charge is -2.08. The number of aryl methyl sites for hydroxylation is 2. The molecule has 0 saturated heterocycles. The van der Waals surface area contributed by atoms with Crippen LogP contribution in [0.3, 0.4) is 0 Å². The zero-order valence-electron chi connectivity index (χ0n) is 9.46. The Morgan fingerprint density at radius 1 is 1.29 bits per heavy atom. The number of methoxy groups -OCH3 is 1. The topological polar surface area (TPSA) is 39.4 Å². The van der Waals surface area contributed by atoms with Gasteiger partial charge in [0, 0.05) is 0 Å². The molecule has 0 aromatic carbocycles. The lowest BCUT2D eigenvalue weighted by Crippen LogP contribution is -2.08. The summed E-state index contributed by atoms with van der Waals surface area (Å²) in [6.07, 6.45) is -3.29. The number of hydrogen-bond acceptors (Lipinski definition) is 3. The van der Waals surface area contributed by atoms with E-state index in [1.54, 1.807) is 6.92 Å². The molecule has 0 aliphatic rings. The highest BCUT2D eigenvalue weighted by atomic mass is 19.4. The van der Waals surface area contributed by atoms with E-state index in [2.05, 4.69) is 10.1 Å². The van der Waals surface area contributed by atoms with Gasteiger partial charge in [-0.15, -0.1) is 0 Å². The second kappa shape index (κ2) is 3.61. The highest BCUT2D eigenvalue weighted by Crippen LogP contribution is 2.40.